The Morgan fingerprint density at radius 3 is 2.84 bits per heavy atom. The fourth-order valence-electron chi connectivity index (χ4n) is 3.67. The lowest BCUT2D eigenvalue weighted by atomic mass is 9.74. The van der Waals surface area contributed by atoms with Gasteiger partial charge in [0.1, 0.15) is 0 Å². The maximum Gasteiger partial charge on any atom is 0.0783 e. The molecule has 0 aromatic rings. The van der Waals surface area contributed by atoms with Crippen molar-refractivity contribution in [3.63, 3.8) is 0 Å². The highest BCUT2D eigenvalue weighted by Gasteiger charge is 2.42. The van der Waals surface area contributed by atoms with Crippen LogP contribution >= 0.6 is 11.8 Å². The quantitative estimate of drug-likeness (QED) is 0.836. The Labute approximate surface area is 122 Å². The van der Waals surface area contributed by atoms with E-state index in [2.05, 4.69) is 30.9 Å². The lowest BCUT2D eigenvalue weighted by molar-refractivity contribution is -0.0914. The third-order valence-corrected chi connectivity index (χ3v) is 6.77. The summed E-state index contributed by atoms with van der Waals surface area (Å²) in [6, 6.07) is 0.849. The minimum Gasteiger partial charge on any atom is -0.374 e. The van der Waals surface area contributed by atoms with Crippen molar-refractivity contribution in [3.05, 3.63) is 0 Å². The Bertz CT molecular complexity index is 299. The van der Waals surface area contributed by atoms with E-state index in [0.29, 0.717) is 0 Å². The van der Waals surface area contributed by atoms with Crippen LogP contribution in [0.2, 0.25) is 0 Å². The normalized spacial score (nSPS) is 38.5. The number of hydrogen-bond donors (Lipinski definition) is 1. The van der Waals surface area contributed by atoms with Gasteiger partial charge in [0.25, 0.3) is 0 Å². The maximum absolute atomic E-state index is 6.16. The number of thioether (sulfide) groups is 1. The standard InChI is InChI=1S/C16H29NOS/c1-12(10-17-15-3-4-15)13(2)14-5-7-18-16(9-14)6-8-19-11-16/h12-15,17H,3-11H2,1-2H3. The number of ether oxygens (including phenoxy) is 1. The molecule has 0 radical (unpaired) electrons. The minimum atomic E-state index is 0.255. The maximum atomic E-state index is 6.16. The fourth-order valence-corrected chi connectivity index (χ4v) is 5.05. The van der Waals surface area contributed by atoms with E-state index in [1.54, 1.807) is 0 Å². The third-order valence-electron chi connectivity index (χ3n) is 5.55. The van der Waals surface area contributed by atoms with Gasteiger partial charge in [-0.05, 0) is 62.2 Å². The topological polar surface area (TPSA) is 21.3 Å². The van der Waals surface area contributed by atoms with Crippen LogP contribution in [0.1, 0.15) is 46.0 Å². The summed E-state index contributed by atoms with van der Waals surface area (Å²) in [6.45, 7) is 7.12. The van der Waals surface area contributed by atoms with Crippen molar-refractivity contribution in [2.45, 2.75) is 57.6 Å². The van der Waals surface area contributed by atoms with Crippen molar-refractivity contribution in [1.29, 1.82) is 0 Å². The molecule has 0 aromatic heterocycles. The second-order valence-electron chi connectivity index (χ2n) is 7.11. The molecule has 3 heteroatoms. The Kier molecular flexibility index (Phi) is 4.45. The first-order valence-corrected chi connectivity index (χ1v) is 9.29. The summed E-state index contributed by atoms with van der Waals surface area (Å²) in [7, 11) is 0. The highest BCUT2D eigenvalue weighted by atomic mass is 32.2. The highest BCUT2D eigenvalue weighted by molar-refractivity contribution is 7.99. The van der Waals surface area contributed by atoms with Gasteiger partial charge >= 0.3 is 0 Å². The zero-order valence-electron chi connectivity index (χ0n) is 12.5. The molecule has 4 atom stereocenters. The molecule has 2 aliphatic heterocycles. The van der Waals surface area contributed by atoms with E-state index in [-0.39, 0.29) is 5.60 Å². The predicted octanol–water partition coefficient (Wildman–Crippen LogP) is 3.31. The molecule has 110 valence electrons. The first-order chi connectivity index (χ1) is 9.19. The Hall–Kier alpha value is 0.270. The van der Waals surface area contributed by atoms with Gasteiger partial charge in [-0.25, -0.2) is 0 Å². The fraction of sp³-hybridized carbons (Fsp3) is 1.00. The average Bonchev–Trinajstić information content (AvgIpc) is 3.16. The van der Waals surface area contributed by atoms with Gasteiger partial charge in [-0.1, -0.05) is 13.8 Å². The van der Waals surface area contributed by atoms with Crippen molar-refractivity contribution in [1.82, 2.24) is 5.32 Å². The van der Waals surface area contributed by atoms with E-state index in [9.17, 15) is 0 Å². The highest BCUT2D eigenvalue weighted by Crippen LogP contribution is 2.43. The largest absolute Gasteiger partial charge is 0.374 e. The van der Waals surface area contributed by atoms with Crippen LogP contribution < -0.4 is 5.32 Å². The molecular weight excluding hydrogens is 254 g/mol. The zero-order valence-corrected chi connectivity index (χ0v) is 13.3. The molecule has 1 N–H and O–H groups in total. The average molecular weight is 283 g/mol. The number of rotatable bonds is 5. The Morgan fingerprint density at radius 2 is 2.16 bits per heavy atom. The summed E-state index contributed by atoms with van der Waals surface area (Å²) >= 11 is 2.09. The zero-order chi connectivity index (χ0) is 13.3. The van der Waals surface area contributed by atoms with Crippen LogP contribution in [-0.2, 0) is 4.74 Å². The lowest BCUT2D eigenvalue weighted by Crippen LogP contribution is -2.43. The van der Waals surface area contributed by atoms with E-state index < -0.39 is 0 Å². The first-order valence-electron chi connectivity index (χ1n) is 8.14. The van der Waals surface area contributed by atoms with Crippen molar-refractivity contribution < 1.29 is 4.74 Å². The molecule has 3 rings (SSSR count). The van der Waals surface area contributed by atoms with Gasteiger partial charge in [0.05, 0.1) is 5.60 Å². The number of nitrogens with one attached hydrogen (secondary N) is 1. The van der Waals surface area contributed by atoms with E-state index in [0.717, 1.165) is 30.4 Å². The molecule has 2 heterocycles. The predicted molar refractivity (Wildman–Crippen MR) is 82.7 cm³/mol. The molecule has 4 unspecified atom stereocenters. The molecule has 3 fully saturated rings. The summed E-state index contributed by atoms with van der Waals surface area (Å²) < 4.78 is 6.16. The Balaban J connectivity index is 1.51. The van der Waals surface area contributed by atoms with Crippen LogP contribution in [0, 0.1) is 17.8 Å². The molecule has 0 bridgehead atoms. The van der Waals surface area contributed by atoms with Gasteiger partial charge in [0.15, 0.2) is 0 Å². The van der Waals surface area contributed by atoms with Gasteiger partial charge in [0, 0.05) is 18.4 Å². The van der Waals surface area contributed by atoms with Crippen molar-refractivity contribution in [2.75, 3.05) is 24.7 Å². The SMILES string of the molecule is CC(CNC1CC1)C(C)C1CCOC2(CCSC2)C1. The summed E-state index contributed by atoms with van der Waals surface area (Å²) in [5, 5.41) is 3.70. The molecule has 1 aliphatic carbocycles. The second-order valence-corrected chi connectivity index (χ2v) is 8.21. The van der Waals surface area contributed by atoms with Crippen molar-refractivity contribution in [3.8, 4) is 0 Å². The van der Waals surface area contributed by atoms with Crippen LogP contribution in [-0.4, -0.2) is 36.3 Å². The summed E-state index contributed by atoms with van der Waals surface area (Å²) in [4.78, 5) is 0. The summed E-state index contributed by atoms with van der Waals surface area (Å²) in [5.74, 6) is 5.06. The molecule has 19 heavy (non-hydrogen) atoms. The smallest absolute Gasteiger partial charge is 0.0783 e. The summed E-state index contributed by atoms with van der Waals surface area (Å²) in [6.07, 6.45) is 6.68. The van der Waals surface area contributed by atoms with Gasteiger partial charge in [0.2, 0.25) is 0 Å². The Morgan fingerprint density at radius 1 is 1.32 bits per heavy atom. The van der Waals surface area contributed by atoms with Crippen LogP contribution in [0.15, 0.2) is 0 Å². The number of hydrogen-bond acceptors (Lipinski definition) is 3. The molecule has 3 aliphatic rings. The van der Waals surface area contributed by atoms with E-state index in [1.807, 2.05) is 0 Å². The van der Waals surface area contributed by atoms with Crippen molar-refractivity contribution >= 4 is 11.8 Å². The third kappa shape index (κ3) is 3.48. The van der Waals surface area contributed by atoms with Crippen molar-refractivity contribution in [2.24, 2.45) is 17.8 Å². The minimum absolute atomic E-state index is 0.255. The van der Waals surface area contributed by atoms with Gasteiger partial charge in [-0.15, -0.1) is 0 Å². The van der Waals surface area contributed by atoms with E-state index in [1.165, 1.54) is 50.2 Å². The van der Waals surface area contributed by atoms with Crippen LogP contribution in [0.4, 0.5) is 0 Å². The van der Waals surface area contributed by atoms with Gasteiger partial charge < -0.3 is 10.1 Å². The summed E-state index contributed by atoms with van der Waals surface area (Å²) in [5.41, 5.74) is 0.255. The van der Waals surface area contributed by atoms with Gasteiger partial charge in [-0.3, -0.25) is 0 Å². The van der Waals surface area contributed by atoms with E-state index in [4.69, 9.17) is 4.74 Å². The molecule has 2 saturated heterocycles. The molecule has 1 spiro atoms. The van der Waals surface area contributed by atoms with Crippen LogP contribution in [0.3, 0.4) is 0 Å². The second kappa shape index (κ2) is 5.95. The molecule has 0 aromatic carbocycles. The van der Waals surface area contributed by atoms with Gasteiger partial charge in [-0.2, -0.15) is 11.8 Å². The lowest BCUT2D eigenvalue weighted by Gasteiger charge is -2.41. The van der Waals surface area contributed by atoms with Crippen LogP contribution in [0.5, 0.6) is 0 Å². The molecule has 0 amide bonds. The monoisotopic (exact) mass is 283 g/mol. The molecule has 2 nitrogen and oxygen atoms in total. The van der Waals surface area contributed by atoms with Crippen LogP contribution in [0.25, 0.3) is 0 Å². The van der Waals surface area contributed by atoms with E-state index >= 15 is 0 Å². The molecular formula is C16H29NOS. The molecule has 1 saturated carbocycles. The first kappa shape index (κ1) is 14.2.